The first-order valence-corrected chi connectivity index (χ1v) is 5.85. The largest absolute Gasteiger partial charge is 0.493 e. The summed E-state index contributed by atoms with van der Waals surface area (Å²) < 4.78 is 5.46. The van der Waals surface area contributed by atoms with Crippen LogP contribution < -0.4 is 10.5 Å². The quantitative estimate of drug-likeness (QED) is 0.894. The predicted octanol–water partition coefficient (Wildman–Crippen LogP) is 2.85. The Morgan fingerprint density at radius 3 is 2.44 bits per heavy atom. The van der Waals surface area contributed by atoms with Gasteiger partial charge in [0, 0.05) is 0 Å². The van der Waals surface area contributed by atoms with Crippen LogP contribution in [-0.2, 0) is 0 Å². The van der Waals surface area contributed by atoms with Gasteiger partial charge in [0.1, 0.15) is 5.75 Å². The number of hydrogen-bond donors (Lipinski definition) is 1. The maximum atomic E-state index is 11.6. The summed E-state index contributed by atoms with van der Waals surface area (Å²) in [4.78, 5) is 11.6. The lowest BCUT2D eigenvalue weighted by Crippen LogP contribution is -2.14. The molecular weight excluding hydrogens is 226 g/mol. The Balaban J connectivity index is 2.60. The molecule has 0 unspecified atom stereocenters. The van der Waals surface area contributed by atoms with Crippen molar-refractivity contribution in [2.24, 2.45) is 5.73 Å². The molecule has 3 heteroatoms. The minimum absolute atomic E-state index is 0.436. The summed E-state index contributed by atoms with van der Waals surface area (Å²) in [6, 6.07) is 15.2. The van der Waals surface area contributed by atoms with Crippen LogP contribution in [-0.4, -0.2) is 12.5 Å². The van der Waals surface area contributed by atoms with Crippen molar-refractivity contribution in [3.63, 3.8) is 0 Å². The molecule has 0 radical (unpaired) electrons. The number of ether oxygens (including phenoxy) is 1. The van der Waals surface area contributed by atoms with E-state index < -0.39 is 5.91 Å². The highest BCUT2D eigenvalue weighted by Crippen LogP contribution is 2.30. The van der Waals surface area contributed by atoms with Gasteiger partial charge in [-0.2, -0.15) is 0 Å². The molecular formula is C15H15NO2. The van der Waals surface area contributed by atoms with Crippen LogP contribution in [0.25, 0.3) is 11.1 Å². The van der Waals surface area contributed by atoms with Gasteiger partial charge in [-0.05, 0) is 24.1 Å². The monoisotopic (exact) mass is 241 g/mol. The smallest absolute Gasteiger partial charge is 0.253 e. The summed E-state index contributed by atoms with van der Waals surface area (Å²) >= 11 is 0. The first-order valence-electron chi connectivity index (χ1n) is 5.85. The molecule has 2 aromatic rings. The molecule has 2 aromatic carbocycles. The zero-order chi connectivity index (χ0) is 13.0. The lowest BCUT2D eigenvalue weighted by atomic mass is 9.98. The summed E-state index contributed by atoms with van der Waals surface area (Å²) in [5, 5.41) is 0. The van der Waals surface area contributed by atoms with E-state index in [1.807, 2.05) is 49.4 Å². The van der Waals surface area contributed by atoms with Gasteiger partial charge in [0.25, 0.3) is 5.91 Å². The number of primary amides is 1. The van der Waals surface area contributed by atoms with Gasteiger partial charge in [-0.15, -0.1) is 0 Å². The zero-order valence-corrected chi connectivity index (χ0v) is 10.2. The first kappa shape index (κ1) is 12.2. The molecule has 0 aromatic heterocycles. The number of carbonyl (C=O) groups is 1. The molecule has 3 nitrogen and oxygen atoms in total. The Morgan fingerprint density at radius 2 is 1.83 bits per heavy atom. The summed E-state index contributed by atoms with van der Waals surface area (Å²) in [5.74, 6) is 0.0595. The Kier molecular flexibility index (Phi) is 3.63. The fraction of sp³-hybridized carbons (Fsp3) is 0.133. The molecule has 1 amide bonds. The minimum Gasteiger partial charge on any atom is -0.493 e. The second-order valence-corrected chi connectivity index (χ2v) is 3.84. The maximum Gasteiger partial charge on any atom is 0.253 e. The van der Waals surface area contributed by atoms with Crippen LogP contribution in [0.1, 0.15) is 17.3 Å². The molecule has 0 saturated carbocycles. The molecule has 2 rings (SSSR count). The highest BCUT2D eigenvalue weighted by molar-refractivity contribution is 6.02. The number of benzene rings is 2. The highest BCUT2D eigenvalue weighted by atomic mass is 16.5. The van der Waals surface area contributed by atoms with E-state index in [0.29, 0.717) is 17.9 Å². The molecule has 92 valence electrons. The van der Waals surface area contributed by atoms with E-state index in [4.69, 9.17) is 10.5 Å². The molecule has 0 spiro atoms. The molecule has 0 saturated heterocycles. The van der Waals surface area contributed by atoms with Gasteiger partial charge in [-0.3, -0.25) is 4.79 Å². The minimum atomic E-state index is -0.474. The molecule has 0 aliphatic carbocycles. The molecule has 0 bridgehead atoms. The Morgan fingerprint density at radius 1 is 1.11 bits per heavy atom. The lowest BCUT2D eigenvalue weighted by molar-refractivity contribution is 0.0997. The number of carbonyl (C=O) groups excluding carboxylic acids is 1. The normalized spacial score (nSPS) is 10.1. The van der Waals surface area contributed by atoms with Gasteiger partial charge >= 0.3 is 0 Å². The summed E-state index contributed by atoms with van der Waals surface area (Å²) in [5.41, 5.74) is 7.65. The van der Waals surface area contributed by atoms with Crippen LogP contribution in [0.4, 0.5) is 0 Å². The summed E-state index contributed by atoms with van der Waals surface area (Å²) in [7, 11) is 0. The number of amides is 1. The van der Waals surface area contributed by atoms with Crippen LogP contribution in [0.15, 0.2) is 48.5 Å². The van der Waals surface area contributed by atoms with Crippen molar-refractivity contribution in [3.8, 4) is 16.9 Å². The van der Waals surface area contributed by atoms with E-state index in [0.717, 1.165) is 11.1 Å². The van der Waals surface area contributed by atoms with Crippen molar-refractivity contribution >= 4 is 5.91 Å². The SMILES string of the molecule is CCOc1cccc(-c2ccccc2)c1C(N)=O. The predicted molar refractivity (Wildman–Crippen MR) is 71.6 cm³/mol. The van der Waals surface area contributed by atoms with E-state index >= 15 is 0 Å². The summed E-state index contributed by atoms with van der Waals surface area (Å²) in [6.07, 6.45) is 0. The fourth-order valence-corrected chi connectivity index (χ4v) is 1.92. The molecule has 0 aliphatic heterocycles. The van der Waals surface area contributed by atoms with Crippen LogP contribution in [0, 0.1) is 0 Å². The highest BCUT2D eigenvalue weighted by Gasteiger charge is 2.15. The lowest BCUT2D eigenvalue weighted by Gasteiger charge is -2.12. The van der Waals surface area contributed by atoms with Crippen LogP contribution in [0.2, 0.25) is 0 Å². The van der Waals surface area contributed by atoms with Gasteiger partial charge in [0.15, 0.2) is 0 Å². The molecule has 0 heterocycles. The number of hydrogen-bond acceptors (Lipinski definition) is 2. The van der Waals surface area contributed by atoms with Gasteiger partial charge in [-0.1, -0.05) is 42.5 Å². The van der Waals surface area contributed by atoms with Gasteiger partial charge in [0.2, 0.25) is 0 Å². The fourth-order valence-electron chi connectivity index (χ4n) is 1.92. The molecule has 0 aliphatic rings. The third kappa shape index (κ3) is 2.35. The third-order valence-electron chi connectivity index (χ3n) is 2.66. The van der Waals surface area contributed by atoms with E-state index in [2.05, 4.69) is 0 Å². The van der Waals surface area contributed by atoms with Gasteiger partial charge in [-0.25, -0.2) is 0 Å². The van der Waals surface area contributed by atoms with E-state index in [-0.39, 0.29) is 0 Å². The standard InChI is InChI=1S/C15H15NO2/c1-2-18-13-10-6-9-12(14(13)15(16)17)11-7-4-3-5-8-11/h3-10H,2H2,1H3,(H2,16,17). The molecule has 2 N–H and O–H groups in total. The molecule has 0 atom stereocenters. The van der Waals surface area contributed by atoms with Crippen LogP contribution in [0.3, 0.4) is 0 Å². The van der Waals surface area contributed by atoms with Crippen LogP contribution in [0.5, 0.6) is 5.75 Å². The van der Waals surface area contributed by atoms with E-state index in [1.165, 1.54) is 0 Å². The Labute approximate surface area is 106 Å². The Bertz CT molecular complexity index is 550. The van der Waals surface area contributed by atoms with Gasteiger partial charge in [0.05, 0.1) is 12.2 Å². The van der Waals surface area contributed by atoms with Crippen molar-refractivity contribution in [2.45, 2.75) is 6.92 Å². The number of rotatable bonds is 4. The van der Waals surface area contributed by atoms with Crippen molar-refractivity contribution in [3.05, 3.63) is 54.1 Å². The van der Waals surface area contributed by atoms with Crippen molar-refractivity contribution in [1.82, 2.24) is 0 Å². The second-order valence-electron chi connectivity index (χ2n) is 3.84. The maximum absolute atomic E-state index is 11.6. The first-order chi connectivity index (χ1) is 8.74. The van der Waals surface area contributed by atoms with Crippen molar-refractivity contribution < 1.29 is 9.53 Å². The Hall–Kier alpha value is -2.29. The topological polar surface area (TPSA) is 52.3 Å². The van der Waals surface area contributed by atoms with Crippen molar-refractivity contribution in [1.29, 1.82) is 0 Å². The molecule has 0 fully saturated rings. The second kappa shape index (κ2) is 5.36. The zero-order valence-electron chi connectivity index (χ0n) is 10.2. The van der Waals surface area contributed by atoms with E-state index in [9.17, 15) is 4.79 Å². The average Bonchev–Trinajstić information content (AvgIpc) is 2.39. The van der Waals surface area contributed by atoms with Crippen molar-refractivity contribution in [2.75, 3.05) is 6.61 Å². The number of nitrogens with two attached hydrogens (primary N) is 1. The average molecular weight is 241 g/mol. The summed E-state index contributed by atoms with van der Waals surface area (Å²) in [6.45, 7) is 2.37. The third-order valence-corrected chi connectivity index (χ3v) is 2.66. The van der Waals surface area contributed by atoms with Gasteiger partial charge < -0.3 is 10.5 Å². The van der Waals surface area contributed by atoms with E-state index in [1.54, 1.807) is 6.07 Å². The van der Waals surface area contributed by atoms with Crippen LogP contribution >= 0.6 is 0 Å². The molecule has 18 heavy (non-hydrogen) atoms.